The molecule has 1 fully saturated rings. The average molecular weight is 986 g/mol. The molecular weight excluding hydrogens is 930 g/mol. The predicted octanol–water partition coefficient (Wildman–Crippen LogP) is 13.7. The van der Waals surface area contributed by atoms with Crippen molar-refractivity contribution in [3.05, 3.63) is 258 Å². The maximum absolute atomic E-state index is 2.75. The van der Waals surface area contributed by atoms with Gasteiger partial charge in [0.05, 0.1) is 12.1 Å². The molecule has 4 atom stereocenters. The van der Waals surface area contributed by atoms with E-state index in [0.29, 0.717) is 0 Å². The fourth-order valence-corrected chi connectivity index (χ4v) is 16.2. The second kappa shape index (κ2) is 22.3. The third-order valence-electron chi connectivity index (χ3n) is 11.7. The van der Waals surface area contributed by atoms with Crippen LogP contribution in [0, 0.1) is 5.92 Å². The highest BCUT2D eigenvalue weighted by molar-refractivity contribution is 14.1. The molecule has 0 radical (unpaired) electrons. The number of allylic oxidation sites excluding steroid dienone is 10. The Balaban J connectivity index is 0.00000132. The first-order chi connectivity index (χ1) is 31.3. The standard InChI is InChI=1S/C55H46NP3.C2H6.CH3I/c1-2-9-21-45(20-8-1)58(46-26-14-5-15-27-46)50-36-38-54-52(40-50)53-41-51(59(47-28-16-6-17-29-47)48-30-18-7-19-31-48)37-39-55(53)56(54)42-32-34-49(35-33-42)57(43-22-10-3-11-23-43)44-24-12-4-13-25-44;2*1-2/h1,3-38,40-41,52,54-55H,2,39H2;1-2H3;1H3. The van der Waals surface area contributed by atoms with Gasteiger partial charge in [0, 0.05) is 11.6 Å². The number of anilines is 1. The van der Waals surface area contributed by atoms with Gasteiger partial charge in [0.25, 0.3) is 0 Å². The van der Waals surface area contributed by atoms with Crippen LogP contribution in [0.1, 0.15) is 26.7 Å². The van der Waals surface area contributed by atoms with Gasteiger partial charge in [-0.1, -0.05) is 261 Å². The summed E-state index contributed by atoms with van der Waals surface area (Å²) in [5.74, 6) is 0.261. The Morgan fingerprint density at radius 2 is 0.968 bits per heavy atom. The Kier molecular flexibility index (Phi) is 15.9. The summed E-state index contributed by atoms with van der Waals surface area (Å²) in [7, 11) is -2.12. The molecule has 63 heavy (non-hydrogen) atoms. The van der Waals surface area contributed by atoms with E-state index in [9.17, 15) is 0 Å². The largest absolute Gasteiger partial charge is 0.357 e. The first-order valence-corrected chi connectivity index (χ1v) is 28.3. The molecule has 314 valence electrons. The van der Waals surface area contributed by atoms with Gasteiger partial charge in [-0.05, 0) is 107 Å². The minimum Gasteiger partial charge on any atom is -0.357 e. The number of halogens is 1. The average Bonchev–Trinajstić information content (AvgIpc) is 3.46. The highest BCUT2D eigenvalue weighted by atomic mass is 127. The molecule has 4 unspecified atom stereocenters. The molecule has 0 saturated carbocycles. The Labute approximate surface area is 393 Å². The first kappa shape index (κ1) is 44.9. The van der Waals surface area contributed by atoms with E-state index in [1.807, 2.05) is 18.8 Å². The third-order valence-corrected chi connectivity index (χ3v) is 19.0. The van der Waals surface area contributed by atoms with Crippen LogP contribution in [0.3, 0.4) is 0 Å². The summed E-state index contributed by atoms with van der Waals surface area (Å²) in [6, 6.07) is 65.8. The molecule has 1 aliphatic heterocycles. The number of hydrogen-bond donors (Lipinski definition) is 0. The van der Waals surface area contributed by atoms with Gasteiger partial charge in [-0.15, -0.1) is 0 Å². The fourth-order valence-electron chi connectivity index (χ4n) is 9.08. The lowest BCUT2D eigenvalue weighted by atomic mass is 9.87. The Bertz CT molecular complexity index is 2540. The van der Waals surface area contributed by atoms with E-state index < -0.39 is 23.8 Å². The lowest BCUT2D eigenvalue weighted by molar-refractivity contribution is 0.672. The van der Waals surface area contributed by atoms with Crippen molar-refractivity contribution in [2.75, 3.05) is 9.83 Å². The summed E-state index contributed by atoms with van der Waals surface area (Å²) in [5.41, 5.74) is 2.84. The van der Waals surface area contributed by atoms with Crippen LogP contribution in [-0.2, 0) is 0 Å². The molecule has 10 rings (SSSR count). The van der Waals surface area contributed by atoms with Gasteiger partial charge in [0.2, 0.25) is 0 Å². The summed E-state index contributed by atoms with van der Waals surface area (Å²) in [6.07, 6.45) is 26.4. The number of rotatable bonds is 10. The molecule has 0 amide bonds. The van der Waals surface area contributed by atoms with Crippen LogP contribution in [-0.4, -0.2) is 17.0 Å². The van der Waals surface area contributed by atoms with E-state index in [-0.39, 0.29) is 18.0 Å². The van der Waals surface area contributed by atoms with Gasteiger partial charge in [-0.3, -0.25) is 0 Å². The maximum atomic E-state index is 2.75. The summed E-state index contributed by atoms with van der Waals surface area (Å²) in [5, 5.41) is 12.6. The number of fused-ring (bicyclic) bond motifs is 3. The van der Waals surface area contributed by atoms with Crippen LogP contribution in [0.25, 0.3) is 0 Å². The number of nitrogens with zero attached hydrogens (tertiary/aromatic N) is 1. The molecule has 6 aromatic rings. The molecule has 0 aromatic heterocycles. The van der Waals surface area contributed by atoms with Gasteiger partial charge >= 0.3 is 0 Å². The minimum absolute atomic E-state index is 0.226. The summed E-state index contributed by atoms with van der Waals surface area (Å²) in [4.78, 5) is 4.72. The molecular formula is C58H55INP3. The molecule has 0 spiro atoms. The Morgan fingerprint density at radius 3 is 1.49 bits per heavy atom. The van der Waals surface area contributed by atoms with Crippen LogP contribution < -0.4 is 36.7 Å². The highest BCUT2D eigenvalue weighted by Gasteiger charge is 2.46. The zero-order chi connectivity index (χ0) is 43.4. The van der Waals surface area contributed by atoms with Crippen molar-refractivity contribution in [2.45, 2.75) is 38.8 Å². The second-order valence-corrected chi connectivity index (χ2v) is 21.9. The summed E-state index contributed by atoms with van der Waals surface area (Å²) >= 11 is 2.15. The molecule has 6 aromatic carbocycles. The van der Waals surface area contributed by atoms with E-state index in [1.165, 1.54) is 53.5 Å². The van der Waals surface area contributed by atoms with Crippen molar-refractivity contribution in [2.24, 2.45) is 5.92 Å². The van der Waals surface area contributed by atoms with E-state index in [4.69, 9.17) is 0 Å². The van der Waals surface area contributed by atoms with Crippen LogP contribution in [0.2, 0.25) is 0 Å². The van der Waals surface area contributed by atoms with Gasteiger partial charge in [-0.2, -0.15) is 0 Å². The number of hydrogen-bond acceptors (Lipinski definition) is 1. The zero-order valence-corrected chi connectivity index (χ0v) is 41.2. The monoisotopic (exact) mass is 985 g/mol. The molecule has 1 heterocycles. The van der Waals surface area contributed by atoms with Crippen LogP contribution >= 0.6 is 46.4 Å². The Hall–Kier alpha value is -4.68. The van der Waals surface area contributed by atoms with Crippen molar-refractivity contribution in [1.82, 2.24) is 0 Å². The summed E-state index contributed by atoms with van der Waals surface area (Å²) < 4.78 is 0. The smallest absolute Gasteiger partial charge is 0.0584 e. The quantitative estimate of drug-likeness (QED) is 0.0751. The maximum Gasteiger partial charge on any atom is 0.0584 e. The first-order valence-electron chi connectivity index (χ1n) is 22.1. The second-order valence-electron chi connectivity index (χ2n) is 15.3. The van der Waals surface area contributed by atoms with Crippen molar-refractivity contribution in [1.29, 1.82) is 0 Å². The van der Waals surface area contributed by atoms with Crippen molar-refractivity contribution < 1.29 is 0 Å². The lowest BCUT2D eigenvalue weighted by Gasteiger charge is -2.34. The zero-order valence-electron chi connectivity index (χ0n) is 36.3. The van der Waals surface area contributed by atoms with E-state index >= 15 is 0 Å². The number of alkyl halides is 1. The molecule has 4 aliphatic rings. The van der Waals surface area contributed by atoms with Crippen molar-refractivity contribution in [3.8, 4) is 0 Å². The predicted molar refractivity (Wildman–Crippen MR) is 291 cm³/mol. The molecule has 0 N–H and O–H groups in total. The molecule has 1 saturated heterocycles. The SMILES string of the molecule is C1=CCC=CC(P(C2=CC3C4=CC(P(c5ccccc5)c5ccccc5)=CCC4N(c4ccc(P(c5ccccc5)c5ccccc5)cc4)C3C=C2)c2ccccc2)=C1.CC.CI. The van der Waals surface area contributed by atoms with Gasteiger partial charge < -0.3 is 4.90 Å². The van der Waals surface area contributed by atoms with Crippen molar-refractivity contribution >= 4 is 83.9 Å². The van der Waals surface area contributed by atoms with Crippen molar-refractivity contribution in [3.63, 3.8) is 0 Å². The molecule has 3 aliphatic carbocycles. The molecule has 0 bridgehead atoms. The molecule has 1 nitrogen and oxygen atoms in total. The Morgan fingerprint density at radius 1 is 0.492 bits per heavy atom. The third kappa shape index (κ3) is 10.0. The lowest BCUT2D eigenvalue weighted by Crippen LogP contribution is -2.37. The van der Waals surface area contributed by atoms with E-state index in [1.54, 1.807) is 5.57 Å². The van der Waals surface area contributed by atoms with Gasteiger partial charge in [0.15, 0.2) is 0 Å². The van der Waals surface area contributed by atoms with Crippen LogP contribution in [0.4, 0.5) is 5.69 Å². The highest BCUT2D eigenvalue weighted by Crippen LogP contribution is 2.58. The number of benzene rings is 6. The van der Waals surface area contributed by atoms with E-state index in [0.717, 1.165) is 12.8 Å². The van der Waals surface area contributed by atoms with Crippen LogP contribution in [0.15, 0.2) is 258 Å². The fraction of sp³-hybridized carbons (Fsp3) is 0.138. The van der Waals surface area contributed by atoms with Crippen LogP contribution in [0.5, 0.6) is 0 Å². The van der Waals surface area contributed by atoms with E-state index in [2.05, 4.69) is 264 Å². The summed E-state index contributed by atoms with van der Waals surface area (Å²) in [6.45, 7) is 4.00. The topological polar surface area (TPSA) is 3.24 Å². The minimum atomic E-state index is -0.735. The molecule has 5 heteroatoms. The van der Waals surface area contributed by atoms with Gasteiger partial charge in [-0.25, -0.2) is 0 Å². The normalized spacial score (nSPS) is 18.9. The van der Waals surface area contributed by atoms with Gasteiger partial charge in [0.1, 0.15) is 0 Å².